The third-order valence-corrected chi connectivity index (χ3v) is 1.21. The molecule has 0 radical (unpaired) electrons. The van der Waals surface area contributed by atoms with Crippen LogP contribution in [0.1, 0.15) is 0 Å². The van der Waals surface area contributed by atoms with Gasteiger partial charge >= 0.3 is 0 Å². The highest BCUT2D eigenvalue weighted by atomic mass is 16.6. The first kappa shape index (κ1) is 8.87. The van der Waals surface area contributed by atoms with Crippen LogP contribution in [0.25, 0.3) is 0 Å². The molecule has 0 bridgehead atoms. The van der Waals surface area contributed by atoms with Gasteiger partial charge in [0.25, 0.3) is 6.08 Å². The van der Waals surface area contributed by atoms with Gasteiger partial charge in [0.15, 0.2) is 5.75 Å². The fourth-order valence-electron chi connectivity index (χ4n) is 0.744. The molecule has 0 aromatic heterocycles. The molecule has 5 nitrogen and oxygen atoms in total. The number of aliphatic imine (C=N–C) groups is 1. The van der Waals surface area contributed by atoms with Crippen LogP contribution in [0.3, 0.4) is 0 Å². The molecule has 0 amide bonds. The van der Waals surface area contributed by atoms with E-state index in [0.29, 0.717) is 0 Å². The van der Waals surface area contributed by atoms with E-state index in [2.05, 4.69) is 15.0 Å². The summed E-state index contributed by atoms with van der Waals surface area (Å²) in [6.07, 6.45) is 2.55. The number of para-hydroxylation sites is 2. The van der Waals surface area contributed by atoms with Gasteiger partial charge in [0.05, 0.1) is 0 Å². The maximum atomic E-state index is 9.95. The Kier molecular flexibility index (Phi) is 3.15. The zero-order valence-corrected chi connectivity index (χ0v) is 6.43. The van der Waals surface area contributed by atoms with E-state index in [4.69, 9.17) is 0 Å². The van der Waals surface area contributed by atoms with Gasteiger partial charge < -0.3 is 4.84 Å². The molecule has 0 fully saturated rings. The Labute approximate surface area is 73.3 Å². The van der Waals surface area contributed by atoms with Crippen molar-refractivity contribution >= 4 is 17.8 Å². The van der Waals surface area contributed by atoms with Crippen molar-refractivity contribution in [2.75, 3.05) is 0 Å². The molecule has 0 aliphatic heterocycles. The van der Waals surface area contributed by atoms with Crippen LogP contribution in [-0.2, 0) is 9.59 Å². The Hall–Kier alpha value is -2.22. The van der Waals surface area contributed by atoms with Crippen LogP contribution in [0.4, 0.5) is 5.69 Å². The average Bonchev–Trinajstić information content (AvgIpc) is 2.17. The van der Waals surface area contributed by atoms with Gasteiger partial charge in [-0.2, -0.15) is 4.99 Å². The largest absolute Gasteiger partial charge is 0.344 e. The van der Waals surface area contributed by atoms with Crippen LogP contribution < -0.4 is 4.84 Å². The van der Waals surface area contributed by atoms with Crippen molar-refractivity contribution < 1.29 is 14.4 Å². The quantitative estimate of drug-likeness (QED) is 0.395. The third-order valence-electron chi connectivity index (χ3n) is 1.21. The van der Waals surface area contributed by atoms with Crippen molar-refractivity contribution in [2.24, 2.45) is 10.1 Å². The van der Waals surface area contributed by atoms with E-state index in [0.717, 1.165) is 0 Å². The molecule has 0 N–H and O–H groups in total. The van der Waals surface area contributed by atoms with Crippen LogP contribution >= 0.6 is 0 Å². The molecule has 0 heterocycles. The number of carbonyl (C=O) groups excluding carboxylic acids is 2. The number of rotatable bonds is 3. The number of nitrogens with zero attached hydrogens (tertiary/aromatic N) is 2. The van der Waals surface area contributed by atoms with Crippen molar-refractivity contribution in [1.82, 2.24) is 0 Å². The first-order valence-electron chi connectivity index (χ1n) is 3.29. The molecule has 0 aliphatic rings. The Morgan fingerprint density at radius 2 is 1.92 bits per heavy atom. The highest BCUT2D eigenvalue weighted by Crippen LogP contribution is 2.25. The van der Waals surface area contributed by atoms with E-state index >= 15 is 0 Å². The summed E-state index contributed by atoms with van der Waals surface area (Å²) in [7, 11) is 0. The normalized spacial score (nSPS) is 8.00. The average molecular weight is 176 g/mol. The minimum Gasteiger partial charge on any atom is -0.344 e. The number of benzene rings is 1. The summed E-state index contributed by atoms with van der Waals surface area (Å²) in [6, 6.07) is 6.35. The maximum Gasteiger partial charge on any atom is 0.277 e. The summed E-state index contributed by atoms with van der Waals surface area (Å²) >= 11 is 0. The van der Waals surface area contributed by atoms with Crippen LogP contribution in [0.15, 0.2) is 34.4 Å². The van der Waals surface area contributed by atoms with Gasteiger partial charge in [-0.1, -0.05) is 12.1 Å². The minimum absolute atomic E-state index is 0.203. The monoisotopic (exact) mass is 176 g/mol. The van der Waals surface area contributed by atoms with Gasteiger partial charge in [-0.25, -0.2) is 9.59 Å². The number of isocyanates is 2. The van der Waals surface area contributed by atoms with Crippen LogP contribution in [0.5, 0.6) is 5.75 Å². The third kappa shape index (κ3) is 2.38. The van der Waals surface area contributed by atoms with E-state index in [1.54, 1.807) is 12.1 Å². The Morgan fingerprint density at radius 3 is 2.62 bits per heavy atom. The molecule has 0 aliphatic carbocycles. The molecule has 13 heavy (non-hydrogen) atoms. The van der Waals surface area contributed by atoms with Crippen molar-refractivity contribution in [1.29, 1.82) is 0 Å². The van der Waals surface area contributed by atoms with Crippen molar-refractivity contribution in [2.45, 2.75) is 0 Å². The van der Waals surface area contributed by atoms with Crippen molar-refractivity contribution in [3.63, 3.8) is 0 Å². The molecule has 5 heteroatoms. The summed E-state index contributed by atoms with van der Waals surface area (Å²) in [5.74, 6) is 0.203. The Bertz CT molecular complexity index is 390. The van der Waals surface area contributed by atoms with Crippen LogP contribution in [0.2, 0.25) is 0 Å². The second kappa shape index (κ2) is 4.62. The smallest absolute Gasteiger partial charge is 0.277 e. The molecule has 0 saturated carbocycles. The fourth-order valence-corrected chi connectivity index (χ4v) is 0.744. The highest BCUT2D eigenvalue weighted by Gasteiger charge is 1.99. The lowest BCUT2D eigenvalue weighted by Gasteiger charge is -1.97. The molecule has 0 atom stereocenters. The predicted molar refractivity (Wildman–Crippen MR) is 43.0 cm³/mol. The van der Waals surface area contributed by atoms with E-state index in [1.807, 2.05) is 0 Å². The van der Waals surface area contributed by atoms with Crippen molar-refractivity contribution in [3.8, 4) is 5.75 Å². The van der Waals surface area contributed by atoms with Gasteiger partial charge in [0, 0.05) is 5.16 Å². The minimum atomic E-state index is 0.203. The topological polar surface area (TPSA) is 68.1 Å². The molecule has 64 valence electrons. The second-order valence-electron chi connectivity index (χ2n) is 1.94. The summed E-state index contributed by atoms with van der Waals surface area (Å²) < 4.78 is 0. The van der Waals surface area contributed by atoms with E-state index in [1.165, 1.54) is 24.3 Å². The van der Waals surface area contributed by atoms with E-state index in [9.17, 15) is 9.59 Å². The van der Waals surface area contributed by atoms with Gasteiger partial charge in [-0.15, -0.1) is 0 Å². The van der Waals surface area contributed by atoms with Gasteiger partial charge in [-0.3, -0.25) is 0 Å². The zero-order valence-electron chi connectivity index (χ0n) is 6.43. The molecule has 0 unspecified atom stereocenters. The Balaban J connectivity index is 3.03. The SMILES string of the molecule is O=C=NOc1ccccc1N=C=O. The van der Waals surface area contributed by atoms with E-state index in [-0.39, 0.29) is 11.4 Å². The molecular weight excluding hydrogens is 172 g/mol. The molecular formula is C8H4N2O3. The summed E-state index contributed by atoms with van der Waals surface area (Å²) in [5.41, 5.74) is 0.261. The fraction of sp³-hybridized carbons (Fsp3) is 0. The molecule has 1 aromatic carbocycles. The number of hydrogen-bond acceptors (Lipinski definition) is 5. The molecule has 1 aromatic rings. The molecule has 0 spiro atoms. The zero-order chi connectivity index (χ0) is 9.52. The van der Waals surface area contributed by atoms with Crippen molar-refractivity contribution in [3.05, 3.63) is 24.3 Å². The van der Waals surface area contributed by atoms with Crippen LogP contribution in [-0.4, -0.2) is 12.2 Å². The van der Waals surface area contributed by atoms with Gasteiger partial charge in [-0.05, 0) is 12.1 Å². The maximum absolute atomic E-state index is 9.95. The summed E-state index contributed by atoms with van der Waals surface area (Å²) in [6.45, 7) is 0. The van der Waals surface area contributed by atoms with Gasteiger partial charge in [0.1, 0.15) is 5.69 Å². The standard InChI is InChI=1S/C8H4N2O3/c11-5-9-7-3-1-2-4-8(7)13-10-6-12/h1-4H. The predicted octanol–water partition coefficient (Wildman–Crippen LogP) is 1.28. The summed E-state index contributed by atoms with van der Waals surface area (Å²) in [4.78, 5) is 27.6. The lowest BCUT2D eigenvalue weighted by molar-refractivity contribution is 0.338. The highest BCUT2D eigenvalue weighted by molar-refractivity contribution is 5.57. The first-order valence-corrected chi connectivity index (χ1v) is 3.29. The van der Waals surface area contributed by atoms with Gasteiger partial charge in [0.2, 0.25) is 6.08 Å². The van der Waals surface area contributed by atoms with E-state index < -0.39 is 0 Å². The summed E-state index contributed by atoms with van der Waals surface area (Å²) in [5, 5.41) is 2.89. The Morgan fingerprint density at radius 1 is 1.15 bits per heavy atom. The second-order valence-corrected chi connectivity index (χ2v) is 1.94. The molecule has 0 saturated heterocycles. The lowest BCUT2D eigenvalue weighted by Crippen LogP contribution is -1.81. The first-order chi connectivity index (χ1) is 6.38. The number of hydrogen-bond donors (Lipinski definition) is 0. The lowest BCUT2D eigenvalue weighted by atomic mass is 10.3. The molecule has 1 rings (SSSR count). The van der Waals surface area contributed by atoms with Crippen LogP contribution in [0, 0.1) is 0 Å².